The van der Waals surface area contributed by atoms with E-state index in [9.17, 15) is 26.7 Å². The van der Waals surface area contributed by atoms with E-state index < -0.39 is 24.1 Å². The topological polar surface area (TPSA) is 74.2 Å². The number of rotatable bonds is 5. The van der Waals surface area contributed by atoms with Crippen molar-refractivity contribution >= 4 is 23.5 Å². The van der Waals surface area contributed by atoms with Crippen LogP contribution in [0.2, 0.25) is 0 Å². The van der Waals surface area contributed by atoms with Crippen LogP contribution in [0.25, 0.3) is 0 Å². The van der Waals surface area contributed by atoms with Gasteiger partial charge < -0.3 is 15.1 Å². The van der Waals surface area contributed by atoms with Crippen molar-refractivity contribution in [3.8, 4) is 0 Å². The van der Waals surface area contributed by atoms with E-state index in [1.807, 2.05) is 11.8 Å². The van der Waals surface area contributed by atoms with Crippen molar-refractivity contribution in [2.45, 2.75) is 50.7 Å². The molecule has 2 atom stereocenters. The molecule has 2 fully saturated rings. The number of anilines is 3. The second kappa shape index (κ2) is 9.06. The lowest BCUT2D eigenvalue weighted by Crippen LogP contribution is -2.33. The highest BCUT2D eigenvalue weighted by molar-refractivity contribution is 5.79. The number of aromatic nitrogens is 3. The number of amides is 1. The largest absolute Gasteiger partial charge is 0.416 e. The molecule has 4 heterocycles. The molecule has 0 saturated carbocycles. The zero-order chi connectivity index (χ0) is 23.8. The van der Waals surface area contributed by atoms with Crippen LogP contribution in [-0.4, -0.2) is 57.9 Å². The highest BCUT2D eigenvalue weighted by atomic mass is 19.4. The molecule has 12 heteroatoms. The van der Waals surface area contributed by atoms with Gasteiger partial charge in [0.25, 0.3) is 5.91 Å². The fourth-order valence-corrected chi connectivity index (χ4v) is 4.23. The first-order valence-electron chi connectivity index (χ1n) is 10.6. The fourth-order valence-electron chi connectivity index (χ4n) is 4.23. The van der Waals surface area contributed by atoms with Gasteiger partial charge in [-0.1, -0.05) is 0 Å². The lowest BCUT2D eigenvalue weighted by atomic mass is 10.0. The molecule has 0 bridgehead atoms. The molecule has 2 aromatic rings. The van der Waals surface area contributed by atoms with E-state index in [1.54, 1.807) is 6.07 Å². The predicted molar refractivity (Wildman–Crippen MR) is 111 cm³/mol. The van der Waals surface area contributed by atoms with Crippen LogP contribution in [0.3, 0.4) is 0 Å². The Morgan fingerprint density at radius 3 is 2.61 bits per heavy atom. The second-order valence-corrected chi connectivity index (χ2v) is 8.29. The number of pyridine rings is 1. The molecule has 2 saturated heterocycles. The Morgan fingerprint density at radius 1 is 1.15 bits per heavy atom. The summed E-state index contributed by atoms with van der Waals surface area (Å²) in [5.74, 6) is -0.880. The Bertz CT molecular complexity index is 1020. The Morgan fingerprint density at radius 2 is 1.94 bits per heavy atom. The monoisotopic (exact) mass is 470 g/mol. The number of halogens is 5. The number of alkyl halides is 5. The third-order valence-corrected chi connectivity index (χ3v) is 5.99. The summed E-state index contributed by atoms with van der Waals surface area (Å²) in [5.41, 5.74) is -0.308. The number of nitrogens with one attached hydrogen (secondary N) is 1. The minimum atomic E-state index is -4.52. The molecule has 2 aliphatic rings. The van der Waals surface area contributed by atoms with E-state index in [2.05, 4.69) is 20.3 Å². The van der Waals surface area contributed by atoms with Crippen LogP contribution in [0.5, 0.6) is 0 Å². The molecule has 1 N–H and O–H groups in total. The van der Waals surface area contributed by atoms with Crippen LogP contribution >= 0.6 is 0 Å². The first kappa shape index (κ1) is 23.1. The summed E-state index contributed by atoms with van der Waals surface area (Å²) in [6, 6.07) is 3.52. The molecule has 2 aromatic heterocycles. The maximum Gasteiger partial charge on any atom is 0.416 e. The van der Waals surface area contributed by atoms with Crippen LogP contribution in [0.4, 0.5) is 39.5 Å². The molecular formula is C21H23F5N6O. The fraction of sp³-hybridized carbons (Fsp3) is 0.524. The molecule has 2 aliphatic heterocycles. The molecule has 33 heavy (non-hydrogen) atoms. The minimum absolute atomic E-state index is 0.0316. The molecule has 0 aromatic carbocycles. The van der Waals surface area contributed by atoms with Crippen LogP contribution in [0.1, 0.15) is 43.4 Å². The Labute approximate surface area is 187 Å². The number of carbonyl (C=O) groups excluding carboxylic acids is 1. The summed E-state index contributed by atoms with van der Waals surface area (Å²) in [6.07, 6.45) is -4.18. The Kier molecular flexibility index (Phi) is 6.35. The van der Waals surface area contributed by atoms with Gasteiger partial charge in [-0.25, -0.2) is 9.97 Å². The lowest BCUT2D eigenvalue weighted by molar-refractivity contribution is -0.141. The summed E-state index contributed by atoms with van der Waals surface area (Å²) < 4.78 is 64.9. The van der Waals surface area contributed by atoms with Gasteiger partial charge in [-0.2, -0.15) is 26.9 Å². The molecule has 0 spiro atoms. The molecule has 178 valence electrons. The van der Waals surface area contributed by atoms with E-state index in [1.165, 1.54) is 0 Å². The number of carbonyl (C=O) groups is 1. The molecule has 7 nitrogen and oxygen atoms in total. The van der Waals surface area contributed by atoms with Crippen molar-refractivity contribution in [2.24, 2.45) is 0 Å². The maximum absolute atomic E-state index is 13.1. The van der Waals surface area contributed by atoms with Gasteiger partial charge in [0.2, 0.25) is 5.95 Å². The van der Waals surface area contributed by atoms with Gasteiger partial charge in [-0.15, -0.1) is 0 Å². The summed E-state index contributed by atoms with van der Waals surface area (Å²) in [4.78, 5) is 27.9. The van der Waals surface area contributed by atoms with Gasteiger partial charge >= 0.3 is 12.6 Å². The first-order valence-corrected chi connectivity index (χ1v) is 10.6. The van der Waals surface area contributed by atoms with E-state index in [0.717, 1.165) is 42.6 Å². The zero-order valence-corrected chi connectivity index (χ0v) is 17.8. The van der Waals surface area contributed by atoms with Gasteiger partial charge in [-0.3, -0.25) is 4.79 Å². The predicted octanol–water partition coefficient (Wildman–Crippen LogP) is 4.20. The van der Waals surface area contributed by atoms with Gasteiger partial charge in [0.05, 0.1) is 11.3 Å². The average molecular weight is 470 g/mol. The Hall–Kier alpha value is -3.05. The SMILES string of the molecule is CC1CCCN1c1nc(Nc2cc(C(F)(F)F)ccn2)cc(C2CCN(C(=O)C(F)F)C2)n1. The van der Waals surface area contributed by atoms with Gasteiger partial charge in [0.15, 0.2) is 0 Å². The van der Waals surface area contributed by atoms with Crippen LogP contribution < -0.4 is 10.2 Å². The minimum Gasteiger partial charge on any atom is -0.338 e. The summed E-state index contributed by atoms with van der Waals surface area (Å²) >= 11 is 0. The number of nitrogens with zero attached hydrogens (tertiary/aromatic N) is 5. The lowest BCUT2D eigenvalue weighted by Gasteiger charge is -2.23. The van der Waals surface area contributed by atoms with Crippen molar-refractivity contribution in [3.63, 3.8) is 0 Å². The third-order valence-electron chi connectivity index (χ3n) is 5.99. The summed E-state index contributed by atoms with van der Waals surface area (Å²) in [5, 5.41) is 2.82. The van der Waals surface area contributed by atoms with Crippen molar-refractivity contribution in [3.05, 3.63) is 35.7 Å². The highest BCUT2D eigenvalue weighted by Crippen LogP contribution is 2.33. The van der Waals surface area contributed by atoms with Crippen molar-refractivity contribution in [2.75, 3.05) is 29.9 Å². The van der Waals surface area contributed by atoms with Gasteiger partial charge in [-0.05, 0) is 38.3 Å². The molecule has 1 amide bonds. The van der Waals surface area contributed by atoms with Crippen molar-refractivity contribution in [1.82, 2.24) is 19.9 Å². The molecule has 0 aliphatic carbocycles. The smallest absolute Gasteiger partial charge is 0.338 e. The number of hydrogen-bond donors (Lipinski definition) is 1. The summed E-state index contributed by atoms with van der Waals surface area (Å²) in [6.45, 7) is 3.04. The normalized spacial score (nSPS) is 21.2. The van der Waals surface area contributed by atoms with Gasteiger partial charge in [0, 0.05) is 43.9 Å². The second-order valence-electron chi connectivity index (χ2n) is 8.29. The third kappa shape index (κ3) is 5.14. The van der Waals surface area contributed by atoms with E-state index in [4.69, 9.17) is 0 Å². The zero-order valence-electron chi connectivity index (χ0n) is 17.8. The number of hydrogen-bond acceptors (Lipinski definition) is 6. The van der Waals surface area contributed by atoms with E-state index in [0.29, 0.717) is 18.1 Å². The van der Waals surface area contributed by atoms with Crippen LogP contribution in [0, 0.1) is 0 Å². The van der Waals surface area contributed by atoms with E-state index in [-0.39, 0.29) is 36.7 Å². The van der Waals surface area contributed by atoms with Crippen LogP contribution in [0.15, 0.2) is 24.4 Å². The molecular weight excluding hydrogens is 447 g/mol. The van der Waals surface area contributed by atoms with Gasteiger partial charge in [0.1, 0.15) is 11.6 Å². The van der Waals surface area contributed by atoms with Crippen molar-refractivity contribution in [1.29, 1.82) is 0 Å². The quantitative estimate of drug-likeness (QED) is 0.661. The van der Waals surface area contributed by atoms with E-state index >= 15 is 0 Å². The maximum atomic E-state index is 13.1. The molecule has 0 radical (unpaired) electrons. The number of likely N-dealkylation sites (tertiary alicyclic amines) is 1. The first-order chi connectivity index (χ1) is 15.6. The average Bonchev–Trinajstić information content (AvgIpc) is 3.42. The van der Waals surface area contributed by atoms with Crippen molar-refractivity contribution < 1.29 is 26.7 Å². The molecule has 2 unspecified atom stereocenters. The molecule has 4 rings (SSSR count). The standard InChI is InChI=1S/C21H23F5N6O/c1-12-3-2-7-32(12)20-28-15(13-5-8-31(11-13)19(33)18(22)23)10-17(30-20)29-16-9-14(4-6-27-16)21(24,25)26/h4,6,9-10,12-13,18H,2-3,5,7-8,11H2,1H3,(H,27,28,29,30). The van der Waals surface area contributed by atoms with Crippen LogP contribution in [-0.2, 0) is 11.0 Å². The highest BCUT2D eigenvalue weighted by Gasteiger charge is 2.34. The summed E-state index contributed by atoms with van der Waals surface area (Å²) in [7, 11) is 0. The Balaban J connectivity index is 1.64.